The Bertz CT molecular complexity index is 922. The molecule has 24 heavy (non-hydrogen) atoms. The van der Waals surface area contributed by atoms with E-state index >= 15 is 0 Å². The predicted octanol–water partition coefficient (Wildman–Crippen LogP) is 3.55. The number of rotatable bonds is 3. The van der Waals surface area contributed by atoms with Crippen molar-refractivity contribution in [1.29, 1.82) is 0 Å². The van der Waals surface area contributed by atoms with Gasteiger partial charge in [0.2, 0.25) is 0 Å². The molecule has 0 atom stereocenters. The second-order valence-corrected chi connectivity index (χ2v) is 5.35. The van der Waals surface area contributed by atoms with E-state index in [2.05, 4.69) is 20.4 Å². The molecule has 0 fully saturated rings. The molecule has 0 unspecified atom stereocenters. The maximum Gasteiger partial charge on any atom is 0.124 e. The first-order valence-corrected chi connectivity index (χ1v) is 7.39. The number of phenolic OH excluding ortho intramolecular Hbond substituents is 2. The lowest BCUT2D eigenvalue weighted by molar-refractivity contribution is 0.476. The number of nitrogens with one attached hydrogen (secondary N) is 2. The lowest BCUT2D eigenvalue weighted by atomic mass is 9.98. The topological polar surface area (TPSA) is 97.8 Å². The van der Waals surface area contributed by atoms with Crippen molar-refractivity contribution in [3.05, 3.63) is 60.9 Å². The summed E-state index contributed by atoms with van der Waals surface area (Å²) in [4.78, 5) is 0. The first-order valence-electron chi connectivity index (χ1n) is 7.39. The van der Waals surface area contributed by atoms with Gasteiger partial charge in [-0.25, -0.2) is 0 Å². The van der Waals surface area contributed by atoms with Crippen molar-refractivity contribution >= 4 is 0 Å². The van der Waals surface area contributed by atoms with Crippen LogP contribution in [0.2, 0.25) is 0 Å². The average Bonchev–Trinajstić information content (AvgIpc) is 3.24. The van der Waals surface area contributed by atoms with Crippen molar-refractivity contribution in [3.8, 4) is 45.1 Å². The Morgan fingerprint density at radius 3 is 1.42 bits per heavy atom. The molecule has 4 N–H and O–H groups in total. The summed E-state index contributed by atoms with van der Waals surface area (Å²) in [6, 6.07) is 14.1. The number of H-pyrrole nitrogens is 2. The lowest BCUT2D eigenvalue weighted by Crippen LogP contribution is -1.86. The van der Waals surface area contributed by atoms with Crippen molar-refractivity contribution in [3.63, 3.8) is 0 Å². The molecule has 0 spiro atoms. The molecule has 4 aromatic rings. The van der Waals surface area contributed by atoms with Gasteiger partial charge in [-0.3, -0.25) is 10.2 Å². The number of nitrogens with zero attached hydrogens (tertiary/aromatic N) is 2. The molecule has 2 heterocycles. The molecule has 0 aliphatic rings. The van der Waals surface area contributed by atoms with Gasteiger partial charge in [-0.1, -0.05) is 24.3 Å². The van der Waals surface area contributed by atoms with Crippen LogP contribution in [-0.2, 0) is 0 Å². The number of aromatic hydroxyl groups is 2. The van der Waals surface area contributed by atoms with Crippen LogP contribution in [0.1, 0.15) is 0 Å². The van der Waals surface area contributed by atoms with Crippen molar-refractivity contribution in [2.75, 3.05) is 0 Å². The third kappa shape index (κ3) is 2.21. The minimum atomic E-state index is 0.163. The van der Waals surface area contributed by atoms with Gasteiger partial charge in [0, 0.05) is 22.3 Å². The number of aromatic amines is 2. The monoisotopic (exact) mass is 318 g/mol. The molecule has 2 aromatic carbocycles. The quantitative estimate of drug-likeness (QED) is 0.464. The molecule has 0 aliphatic heterocycles. The molecule has 4 rings (SSSR count). The SMILES string of the molecule is Oc1ccccc1-c1[nH]ncc1-c1cn[nH]c1-c1ccccc1O. The zero-order chi connectivity index (χ0) is 16.5. The Morgan fingerprint density at radius 1 is 0.583 bits per heavy atom. The van der Waals surface area contributed by atoms with E-state index in [-0.39, 0.29) is 11.5 Å². The second kappa shape index (κ2) is 5.58. The maximum absolute atomic E-state index is 10.1. The standard InChI is InChI=1S/C18H14N4O2/c23-15-7-3-1-5-11(15)17-13(9-19-21-17)14-10-20-22-18(14)12-6-2-4-8-16(12)24/h1-10,23-24H,(H,19,21)(H,20,22). The van der Waals surface area contributed by atoms with E-state index in [4.69, 9.17) is 0 Å². The van der Waals surface area contributed by atoms with E-state index in [1.165, 1.54) is 0 Å². The summed E-state index contributed by atoms with van der Waals surface area (Å²) in [5, 5.41) is 34.3. The van der Waals surface area contributed by atoms with Crippen LogP contribution in [-0.4, -0.2) is 30.6 Å². The Labute approximate surface area is 137 Å². The van der Waals surface area contributed by atoms with Crippen LogP contribution in [0.4, 0.5) is 0 Å². The Hall–Kier alpha value is -3.54. The van der Waals surface area contributed by atoms with E-state index in [0.29, 0.717) is 22.5 Å². The summed E-state index contributed by atoms with van der Waals surface area (Å²) in [7, 11) is 0. The van der Waals surface area contributed by atoms with Gasteiger partial charge in [0.15, 0.2) is 0 Å². The first-order chi connectivity index (χ1) is 11.8. The minimum absolute atomic E-state index is 0.163. The lowest BCUT2D eigenvalue weighted by Gasteiger charge is -2.07. The highest BCUT2D eigenvalue weighted by Gasteiger charge is 2.19. The molecule has 0 aliphatic carbocycles. The van der Waals surface area contributed by atoms with Crippen LogP contribution in [0, 0.1) is 0 Å². The summed E-state index contributed by atoms with van der Waals surface area (Å²) in [5.41, 5.74) is 4.23. The third-order valence-corrected chi connectivity index (χ3v) is 3.92. The molecule has 0 saturated carbocycles. The number of aromatic nitrogens is 4. The van der Waals surface area contributed by atoms with Gasteiger partial charge in [-0.05, 0) is 24.3 Å². The molecule has 0 saturated heterocycles. The fraction of sp³-hybridized carbons (Fsp3) is 0. The van der Waals surface area contributed by atoms with Gasteiger partial charge in [-0.2, -0.15) is 10.2 Å². The van der Waals surface area contributed by atoms with Gasteiger partial charge in [0.1, 0.15) is 11.5 Å². The number of benzene rings is 2. The summed E-state index contributed by atoms with van der Waals surface area (Å²) >= 11 is 0. The van der Waals surface area contributed by atoms with Gasteiger partial charge in [0.25, 0.3) is 0 Å². The average molecular weight is 318 g/mol. The van der Waals surface area contributed by atoms with Crippen molar-refractivity contribution in [1.82, 2.24) is 20.4 Å². The fourth-order valence-corrected chi connectivity index (χ4v) is 2.76. The van der Waals surface area contributed by atoms with Crippen LogP contribution in [0.3, 0.4) is 0 Å². The zero-order valence-electron chi connectivity index (χ0n) is 12.6. The highest BCUT2D eigenvalue weighted by molar-refractivity contribution is 5.90. The molecule has 0 bridgehead atoms. The van der Waals surface area contributed by atoms with Crippen LogP contribution >= 0.6 is 0 Å². The van der Waals surface area contributed by atoms with Crippen molar-refractivity contribution in [2.45, 2.75) is 0 Å². The summed E-state index contributed by atoms with van der Waals surface area (Å²) in [6.07, 6.45) is 3.35. The normalized spacial score (nSPS) is 10.8. The van der Waals surface area contributed by atoms with E-state index in [9.17, 15) is 10.2 Å². The van der Waals surface area contributed by atoms with Crippen LogP contribution in [0.15, 0.2) is 60.9 Å². The molecule has 0 amide bonds. The number of hydrogen-bond acceptors (Lipinski definition) is 4. The maximum atomic E-state index is 10.1. The zero-order valence-corrected chi connectivity index (χ0v) is 12.6. The first kappa shape index (κ1) is 14.1. The fourth-order valence-electron chi connectivity index (χ4n) is 2.76. The molecule has 0 radical (unpaired) electrons. The van der Waals surface area contributed by atoms with Crippen LogP contribution in [0.5, 0.6) is 11.5 Å². The predicted molar refractivity (Wildman–Crippen MR) is 90.4 cm³/mol. The Balaban J connectivity index is 1.89. The van der Waals surface area contributed by atoms with Gasteiger partial charge >= 0.3 is 0 Å². The Kier molecular flexibility index (Phi) is 3.28. The number of para-hydroxylation sites is 2. The summed E-state index contributed by atoms with van der Waals surface area (Å²) in [6.45, 7) is 0. The Morgan fingerprint density at radius 2 is 1.00 bits per heavy atom. The highest BCUT2D eigenvalue weighted by atomic mass is 16.3. The minimum Gasteiger partial charge on any atom is -0.507 e. The van der Waals surface area contributed by atoms with E-state index < -0.39 is 0 Å². The van der Waals surface area contributed by atoms with Crippen LogP contribution in [0.25, 0.3) is 33.6 Å². The van der Waals surface area contributed by atoms with Gasteiger partial charge in [0.05, 0.1) is 23.8 Å². The molecule has 6 nitrogen and oxygen atoms in total. The summed E-state index contributed by atoms with van der Waals surface area (Å²) < 4.78 is 0. The van der Waals surface area contributed by atoms with E-state index in [0.717, 1.165) is 11.1 Å². The molecular formula is C18H14N4O2. The molecule has 2 aromatic heterocycles. The van der Waals surface area contributed by atoms with Crippen molar-refractivity contribution < 1.29 is 10.2 Å². The summed E-state index contributed by atoms with van der Waals surface area (Å²) in [5.74, 6) is 0.325. The van der Waals surface area contributed by atoms with Crippen LogP contribution < -0.4 is 0 Å². The number of phenols is 2. The smallest absolute Gasteiger partial charge is 0.124 e. The third-order valence-electron chi connectivity index (χ3n) is 3.92. The van der Waals surface area contributed by atoms with E-state index in [1.807, 2.05) is 24.3 Å². The largest absolute Gasteiger partial charge is 0.507 e. The van der Waals surface area contributed by atoms with Gasteiger partial charge in [-0.15, -0.1) is 0 Å². The van der Waals surface area contributed by atoms with Gasteiger partial charge < -0.3 is 10.2 Å². The molecule has 118 valence electrons. The second-order valence-electron chi connectivity index (χ2n) is 5.35. The number of hydrogen-bond donors (Lipinski definition) is 4. The van der Waals surface area contributed by atoms with Crippen molar-refractivity contribution in [2.24, 2.45) is 0 Å². The molecule has 6 heteroatoms. The highest BCUT2D eigenvalue weighted by Crippen LogP contribution is 2.40. The van der Waals surface area contributed by atoms with E-state index in [1.54, 1.807) is 36.7 Å². The molecular weight excluding hydrogens is 304 g/mol.